The van der Waals surface area contributed by atoms with E-state index in [9.17, 15) is 14.4 Å². The SMILES string of the molecule is CC(=O)OCCNCC(COC(C)=O)OC(C)=O. The van der Waals surface area contributed by atoms with Crippen LogP contribution in [0.25, 0.3) is 0 Å². The van der Waals surface area contributed by atoms with Crippen LogP contribution >= 0.6 is 0 Å². The van der Waals surface area contributed by atoms with Crippen molar-refractivity contribution in [1.82, 2.24) is 5.32 Å². The van der Waals surface area contributed by atoms with Crippen LogP contribution in [0.3, 0.4) is 0 Å². The van der Waals surface area contributed by atoms with Crippen LogP contribution < -0.4 is 5.32 Å². The zero-order chi connectivity index (χ0) is 14.0. The van der Waals surface area contributed by atoms with Crippen LogP contribution in [-0.2, 0) is 28.6 Å². The minimum Gasteiger partial charge on any atom is -0.465 e. The monoisotopic (exact) mass is 261 g/mol. The molecule has 0 aliphatic rings. The number of hydrogen-bond donors (Lipinski definition) is 1. The molecule has 0 saturated heterocycles. The van der Waals surface area contributed by atoms with Crippen LogP contribution in [0.5, 0.6) is 0 Å². The lowest BCUT2D eigenvalue weighted by Crippen LogP contribution is -2.36. The van der Waals surface area contributed by atoms with E-state index in [1.807, 2.05) is 0 Å². The fraction of sp³-hybridized carbons (Fsp3) is 0.727. The Labute approximate surface area is 106 Å². The maximum absolute atomic E-state index is 10.8. The van der Waals surface area contributed by atoms with Crippen LogP contribution in [0.15, 0.2) is 0 Å². The quantitative estimate of drug-likeness (QED) is 0.362. The van der Waals surface area contributed by atoms with Gasteiger partial charge in [0.1, 0.15) is 19.3 Å². The van der Waals surface area contributed by atoms with Crippen LogP contribution in [0.4, 0.5) is 0 Å². The van der Waals surface area contributed by atoms with E-state index in [0.717, 1.165) is 0 Å². The normalized spacial score (nSPS) is 11.5. The van der Waals surface area contributed by atoms with E-state index in [-0.39, 0.29) is 19.2 Å². The highest BCUT2D eigenvalue weighted by Crippen LogP contribution is 1.94. The van der Waals surface area contributed by atoms with E-state index in [1.54, 1.807) is 0 Å². The van der Waals surface area contributed by atoms with E-state index in [4.69, 9.17) is 14.2 Å². The number of nitrogens with one attached hydrogen (secondary N) is 1. The lowest BCUT2D eigenvalue weighted by atomic mass is 10.3. The summed E-state index contributed by atoms with van der Waals surface area (Å²) in [4.78, 5) is 31.9. The molecule has 0 aromatic carbocycles. The smallest absolute Gasteiger partial charge is 0.303 e. The van der Waals surface area contributed by atoms with Gasteiger partial charge in [-0.1, -0.05) is 0 Å². The molecule has 0 aliphatic carbocycles. The van der Waals surface area contributed by atoms with Crippen molar-refractivity contribution in [3.8, 4) is 0 Å². The first-order chi connectivity index (χ1) is 8.41. The average Bonchev–Trinajstić information content (AvgIpc) is 2.23. The minimum atomic E-state index is -0.552. The fourth-order valence-corrected chi connectivity index (χ4v) is 1.11. The number of hydrogen-bond acceptors (Lipinski definition) is 7. The third kappa shape index (κ3) is 10.9. The Bertz CT molecular complexity index is 291. The first kappa shape index (κ1) is 16.4. The van der Waals surface area contributed by atoms with Gasteiger partial charge in [-0.15, -0.1) is 0 Å². The molecule has 0 spiro atoms. The molecule has 0 rings (SSSR count). The Kier molecular flexibility index (Phi) is 8.55. The number of carbonyl (C=O) groups is 3. The van der Waals surface area contributed by atoms with Gasteiger partial charge in [-0.05, 0) is 0 Å². The summed E-state index contributed by atoms with van der Waals surface area (Å²) in [5.41, 5.74) is 0. The van der Waals surface area contributed by atoms with E-state index in [1.165, 1.54) is 20.8 Å². The summed E-state index contributed by atoms with van der Waals surface area (Å²) in [6.45, 7) is 4.84. The molecule has 0 saturated carbocycles. The molecule has 7 heteroatoms. The number of rotatable bonds is 8. The maximum Gasteiger partial charge on any atom is 0.303 e. The zero-order valence-electron chi connectivity index (χ0n) is 10.9. The summed E-state index contributed by atoms with van der Waals surface area (Å²) in [6, 6.07) is 0. The second kappa shape index (κ2) is 9.41. The van der Waals surface area contributed by atoms with Crippen molar-refractivity contribution >= 4 is 17.9 Å². The average molecular weight is 261 g/mol. The highest BCUT2D eigenvalue weighted by atomic mass is 16.6. The van der Waals surface area contributed by atoms with Gasteiger partial charge in [0.2, 0.25) is 0 Å². The summed E-state index contributed by atoms with van der Waals surface area (Å²) in [6.07, 6.45) is -0.552. The van der Waals surface area contributed by atoms with Crippen LogP contribution in [0.1, 0.15) is 20.8 Å². The number of ether oxygens (including phenoxy) is 3. The number of esters is 3. The van der Waals surface area contributed by atoms with E-state index in [2.05, 4.69) is 5.32 Å². The summed E-state index contributed by atoms with van der Waals surface area (Å²) in [7, 11) is 0. The van der Waals surface area contributed by atoms with Gasteiger partial charge in [-0.25, -0.2) is 0 Å². The summed E-state index contributed by atoms with van der Waals surface area (Å²) < 4.78 is 14.4. The molecule has 0 amide bonds. The maximum atomic E-state index is 10.8. The highest BCUT2D eigenvalue weighted by Gasteiger charge is 2.13. The van der Waals surface area contributed by atoms with Gasteiger partial charge < -0.3 is 19.5 Å². The first-order valence-corrected chi connectivity index (χ1v) is 5.56. The molecule has 7 nitrogen and oxygen atoms in total. The Morgan fingerprint density at radius 2 is 1.61 bits per heavy atom. The third-order valence-corrected chi connectivity index (χ3v) is 1.76. The lowest BCUT2D eigenvalue weighted by Gasteiger charge is -2.17. The molecule has 0 fully saturated rings. The van der Waals surface area contributed by atoms with Gasteiger partial charge in [0.05, 0.1) is 0 Å². The van der Waals surface area contributed by atoms with Crippen LogP contribution in [0, 0.1) is 0 Å². The molecule has 0 bridgehead atoms. The molecule has 1 unspecified atom stereocenters. The Hall–Kier alpha value is -1.63. The fourth-order valence-electron chi connectivity index (χ4n) is 1.11. The molecular formula is C11H19NO6. The molecule has 0 aromatic rings. The van der Waals surface area contributed by atoms with Crippen molar-refractivity contribution in [2.24, 2.45) is 0 Å². The summed E-state index contributed by atoms with van der Waals surface area (Å²) >= 11 is 0. The van der Waals surface area contributed by atoms with Crippen molar-refractivity contribution in [2.45, 2.75) is 26.9 Å². The standard InChI is InChI=1S/C11H19NO6/c1-8(13)16-5-4-12-6-11(18-10(3)15)7-17-9(2)14/h11-12H,4-7H2,1-3H3. The predicted octanol–water partition coefficient (Wildman–Crippen LogP) is -0.366. The predicted molar refractivity (Wildman–Crippen MR) is 61.7 cm³/mol. The van der Waals surface area contributed by atoms with Crippen LogP contribution in [0.2, 0.25) is 0 Å². The van der Waals surface area contributed by atoms with Gasteiger partial charge in [0.15, 0.2) is 0 Å². The molecule has 1 N–H and O–H groups in total. The van der Waals surface area contributed by atoms with Crippen molar-refractivity contribution in [3.05, 3.63) is 0 Å². The van der Waals surface area contributed by atoms with E-state index in [0.29, 0.717) is 13.1 Å². The second-order valence-corrected chi connectivity index (χ2v) is 3.58. The second-order valence-electron chi connectivity index (χ2n) is 3.58. The lowest BCUT2D eigenvalue weighted by molar-refractivity contribution is -0.156. The van der Waals surface area contributed by atoms with Gasteiger partial charge in [0.25, 0.3) is 0 Å². The van der Waals surface area contributed by atoms with E-state index < -0.39 is 18.0 Å². The minimum absolute atomic E-state index is 0.00449. The van der Waals surface area contributed by atoms with Crippen molar-refractivity contribution in [3.63, 3.8) is 0 Å². The zero-order valence-corrected chi connectivity index (χ0v) is 10.9. The highest BCUT2D eigenvalue weighted by molar-refractivity contribution is 5.67. The number of carbonyl (C=O) groups excluding carboxylic acids is 3. The van der Waals surface area contributed by atoms with Crippen LogP contribution in [-0.4, -0.2) is 50.3 Å². The molecule has 18 heavy (non-hydrogen) atoms. The summed E-state index contributed by atoms with van der Waals surface area (Å²) in [5.74, 6) is -1.24. The molecule has 0 aromatic heterocycles. The first-order valence-electron chi connectivity index (χ1n) is 5.56. The Morgan fingerprint density at radius 3 is 2.11 bits per heavy atom. The molecule has 0 heterocycles. The molecular weight excluding hydrogens is 242 g/mol. The van der Waals surface area contributed by atoms with Gasteiger partial charge >= 0.3 is 17.9 Å². The summed E-state index contributed by atoms with van der Waals surface area (Å²) in [5, 5.41) is 2.92. The topological polar surface area (TPSA) is 90.9 Å². The van der Waals surface area contributed by atoms with Gasteiger partial charge in [-0.3, -0.25) is 14.4 Å². The molecule has 0 aliphatic heterocycles. The Balaban J connectivity index is 3.81. The largest absolute Gasteiger partial charge is 0.465 e. The van der Waals surface area contributed by atoms with Gasteiger partial charge in [-0.2, -0.15) is 0 Å². The van der Waals surface area contributed by atoms with Crippen molar-refractivity contribution in [2.75, 3.05) is 26.3 Å². The van der Waals surface area contributed by atoms with Crippen molar-refractivity contribution < 1.29 is 28.6 Å². The third-order valence-electron chi connectivity index (χ3n) is 1.76. The van der Waals surface area contributed by atoms with E-state index >= 15 is 0 Å². The Morgan fingerprint density at radius 1 is 1.00 bits per heavy atom. The molecule has 104 valence electrons. The molecule has 1 atom stereocenters. The molecule has 0 radical (unpaired) electrons. The van der Waals surface area contributed by atoms with Crippen molar-refractivity contribution in [1.29, 1.82) is 0 Å². The van der Waals surface area contributed by atoms with Gasteiger partial charge in [0, 0.05) is 33.9 Å².